The molecule has 2 aromatic rings. The summed E-state index contributed by atoms with van der Waals surface area (Å²) in [5.74, 6) is 0.398. The lowest BCUT2D eigenvalue weighted by molar-refractivity contribution is 0.619. The molecule has 0 aliphatic rings. The number of halogens is 2. The monoisotopic (exact) mass is 312 g/mol. The van der Waals surface area contributed by atoms with E-state index in [2.05, 4.69) is 25.9 Å². The van der Waals surface area contributed by atoms with Crippen LogP contribution in [0.1, 0.15) is 11.1 Å². The van der Waals surface area contributed by atoms with Gasteiger partial charge in [0, 0.05) is 18.1 Å². The van der Waals surface area contributed by atoms with Gasteiger partial charge in [0.2, 0.25) is 0 Å². The molecule has 0 spiro atoms. The first-order valence-corrected chi connectivity index (χ1v) is 6.79. The molecule has 1 heterocycles. The Labute approximate surface area is 112 Å². The van der Waals surface area contributed by atoms with Gasteiger partial charge in [-0.3, -0.25) is 0 Å². The molecular formula is C12H10BrFN2S. The summed E-state index contributed by atoms with van der Waals surface area (Å²) in [6.45, 7) is 1.94. The Morgan fingerprint density at radius 1 is 1.29 bits per heavy atom. The minimum atomic E-state index is -0.243. The van der Waals surface area contributed by atoms with Gasteiger partial charge in [-0.1, -0.05) is 23.9 Å². The van der Waals surface area contributed by atoms with Gasteiger partial charge in [0.1, 0.15) is 5.82 Å². The van der Waals surface area contributed by atoms with E-state index in [0.717, 1.165) is 11.1 Å². The van der Waals surface area contributed by atoms with Gasteiger partial charge in [0.15, 0.2) is 5.16 Å². The van der Waals surface area contributed by atoms with Gasteiger partial charge in [-0.2, -0.15) is 0 Å². The highest BCUT2D eigenvalue weighted by molar-refractivity contribution is 9.10. The van der Waals surface area contributed by atoms with Crippen LogP contribution in [0.15, 0.2) is 40.2 Å². The quantitative estimate of drug-likeness (QED) is 0.633. The van der Waals surface area contributed by atoms with Gasteiger partial charge in [-0.15, -0.1) is 0 Å². The summed E-state index contributed by atoms with van der Waals surface area (Å²) < 4.78 is 13.8. The predicted octanol–water partition coefficient (Wildman–Crippen LogP) is 3.98. The summed E-state index contributed by atoms with van der Waals surface area (Å²) in [6.07, 6.45) is 3.55. The van der Waals surface area contributed by atoms with E-state index in [0.29, 0.717) is 15.4 Å². The molecule has 2 rings (SSSR count). The molecule has 0 saturated heterocycles. The minimum absolute atomic E-state index is 0.243. The zero-order valence-electron chi connectivity index (χ0n) is 9.15. The third-order valence-electron chi connectivity index (χ3n) is 2.15. The van der Waals surface area contributed by atoms with Crippen molar-refractivity contribution in [3.05, 3.63) is 52.0 Å². The number of rotatable bonds is 3. The second-order valence-corrected chi connectivity index (χ2v) is 5.28. The van der Waals surface area contributed by atoms with Crippen molar-refractivity contribution in [2.45, 2.75) is 17.8 Å². The summed E-state index contributed by atoms with van der Waals surface area (Å²) in [7, 11) is 0. The Morgan fingerprint density at radius 2 is 2.00 bits per heavy atom. The standard InChI is InChI=1S/C12H10BrFN2S/c1-8-5-15-12(16-6-8)17-7-9-3-2-4-10(14)11(9)13/h2-6H,7H2,1H3. The minimum Gasteiger partial charge on any atom is -0.231 e. The normalized spacial score (nSPS) is 10.5. The molecule has 0 radical (unpaired) electrons. The van der Waals surface area contributed by atoms with Gasteiger partial charge in [-0.25, -0.2) is 14.4 Å². The smallest absolute Gasteiger partial charge is 0.187 e. The maximum atomic E-state index is 13.3. The average Bonchev–Trinajstić information content (AvgIpc) is 2.33. The average molecular weight is 313 g/mol. The zero-order valence-corrected chi connectivity index (χ0v) is 11.6. The molecule has 17 heavy (non-hydrogen) atoms. The van der Waals surface area contributed by atoms with E-state index in [1.807, 2.05) is 13.0 Å². The van der Waals surface area contributed by atoms with Crippen LogP contribution in [0.5, 0.6) is 0 Å². The third-order valence-corrected chi connectivity index (χ3v) is 3.96. The van der Waals surface area contributed by atoms with Gasteiger partial charge in [0.25, 0.3) is 0 Å². The van der Waals surface area contributed by atoms with Crippen molar-refractivity contribution >= 4 is 27.7 Å². The van der Waals surface area contributed by atoms with Gasteiger partial charge < -0.3 is 0 Å². The second kappa shape index (κ2) is 5.60. The van der Waals surface area contributed by atoms with Crippen LogP contribution in [0.2, 0.25) is 0 Å². The summed E-state index contributed by atoms with van der Waals surface area (Å²) in [5, 5.41) is 0.701. The molecule has 0 fully saturated rings. The van der Waals surface area contributed by atoms with Gasteiger partial charge in [-0.05, 0) is 40.0 Å². The van der Waals surface area contributed by atoms with Crippen molar-refractivity contribution in [3.8, 4) is 0 Å². The van der Waals surface area contributed by atoms with Crippen LogP contribution in [0, 0.1) is 12.7 Å². The van der Waals surface area contributed by atoms with Gasteiger partial charge >= 0.3 is 0 Å². The molecule has 0 aliphatic heterocycles. The molecule has 2 nitrogen and oxygen atoms in total. The summed E-state index contributed by atoms with van der Waals surface area (Å²) in [6, 6.07) is 5.01. The van der Waals surface area contributed by atoms with Crippen LogP contribution in [0.25, 0.3) is 0 Å². The first kappa shape index (κ1) is 12.5. The lowest BCUT2D eigenvalue weighted by Gasteiger charge is -2.04. The van der Waals surface area contributed by atoms with Crippen molar-refractivity contribution in [2.24, 2.45) is 0 Å². The topological polar surface area (TPSA) is 25.8 Å². The molecule has 1 aromatic heterocycles. The van der Waals surface area contributed by atoms with Crippen LogP contribution in [0.3, 0.4) is 0 Å². The molecular weight excluding hydrogens is 303 g/mol. The zero-order chi connectivity index (χ0) is 12.3. The van der Waals surface area contributed by atoms with Crippen molar-refractivity contribution in [3.63, 3.8) is 0 Å². The fourth-order valence-corrected chi connectivity index (χ4v) is 2.63. The molecule has 0 atom stereocenters. The van der Waals surface area contributed by atoms with Crippen molar-refractivity contribution in [1.29, 1.82) is 0 Å². The molecule has 0 unspecified atom stereocenters. The highest BCUT2D eigenvalue weighted by atomic mass is 79.9. The Balaban J connectivity index is 2.07. The Kier molecular flexibility index (Phi) is 4.12. The maximum absolute atomic E-state index is 13.3. The molecule has 0 bridgehead atoms. The first-order chi connectivity index (χ1) is 8.16. The summed E-state index contributed by atoms with van der Waals surface area (Å²) >= 11 is 4.72. The number of benzene rings is 1. The van der Waals surface area contributed by atoms with E-state index in [1.165, 1.54) is 17.8 Å². The number of thioether (sulfide) groups is 1. The van der Waals surface area contributed by atoms with E-state index < -0.39 is 0 Å². The van der Waals surface area contributed by atoms with Crippen molar-refractivity contribution in [2.75, 3.05) is 0 Å². The predicted molar refractivity (Wildman–Crippen MR) is 70.4 cm³/mol. The SMILES string of the molecule is Cc1cnc(SCc2cccc(F)c2Br)nc1. The van der Waals surface area contributed by atoms with E-state index in [9.17, 15) is 4.39 Å². The number of hydrogen-bond acceptors (Lipinski definition) is 3. The van der Waals surface area contributed by atoms with Crippen molar-refractivity contribution in [1.82, 2.24) is 9.97 Å². The van der Waals surface area contributed by atoms with Crippen LogP contribution < -0.4 is 0 Å². The van der Waals surface area contributed by atoms with Crippen LogP contribution >= 0.6 is 27.7 Å². The second-order valence-electron chi connectivity index (χ2n) is 3.54. The summed E-state index contributed by atoms with van der Waals surface area (Å²) in [4.78, 5) is 8.38. The molecule has 0 aliphatic carbocycles. The molecule has 0 amide bonds. The molecule has 1 aromatic carbocycles. The largest absolute Gasteiger partial charge is 0.231 e. The number of hydrogen-bond donors (Lipinski definition) is 0. The van der Waals surface area contributed by atoms with Crippen molar-refractivity contribution < 1.29 is 4.39 Å². The maximum Gasteiger partial charge on any atom is 0.187 e. The molecule has 88 valence electrons. The highest BCUT2D eigenvalue weighted by Gasteiger charge is 2.06. The first-order valence-electron chi connectivity index (χ1n) is 5.01. The number of aromatic nitrogens is 2. The molecule has 0 saturated carbocycles. The van der Waals surface area contributed by atoms with E-state index in [4.69, 9.17) is 0 Å². The molecule has 5 heteroatoms. The molecule has 0 N–H and O–H groups in total. The van der Waals surface area contributed by atoms with Crippen LogP contribution in [-0.2, 0) is 5.75 Å². The van der Waals surface area contributed by atoms with Crippen LogP contribution in [-0.4, -0.2) is 9.97 Å². The van der Waals surface area contributed by atoms with E-state index >= 15 is 0 Å². The van der Waals surface area contributed by atoms with E-state index in [1.54, 1.807) is 18.5 Å². The lowest BCUT2D eigenvalue weighted by atomic mass is 10.2. The van der Waals surface area contributed by atoms with Gasteiger partial charge in [0.05, 0.1) is 4.47 Å². The highest BCUT2D eigenvalue weighted by Crippen LogP contribution is 2.26. The summed E-state index contributed by atoms with van der Waals surface area (Å²) in [5.41, 5.74) is 1.93. The third kappa shape index (κ3) is 3.26. The van der Waals surface area contributed by atoms with E-state index in [-0.39, 0.29) is 5.82 Å². The number of nitrogens with zero attached hydrogens (tertiary/aromatic N) is 2. The number of aryl methyl sites for hydroxylation is 1. The Morgan fingerprint density at radius 3 is 2.71 bits per heavy atom. The Bertz CT molecular complexity index is 516. The fourth-order valence-electron chi connectivity index (χ4n) is 1.26. The van der Waals surface area contributed by atoms with Crippen LogP contribution in [0.4, 0.5) is 4.39 Å². The fraction of sp³-hybridized carbons (Fsp3) is 0.167. The lowest BCUT2D eigenvalue weighted by Crippen LogP contribution is -1.90. The Hall–Kier alpha value is -0.940.